The lowest BCUT2D eigenvalue weighted by molar-refractivity contribution is 0.00807. The number of urea groups is 1. The molecule has 1 aliphatic heterocycles. The molecule has 14 heavy (non-hydrogen) atoms. The van der Waals surface area contributed by atoms with Gasteiger partial charge in [0, 0.05) is 0 Å². The third-order valence-electron chi connectivity index (χ3n) is 1.80. The average molecular weight is 224 g/mol. The van der Waals surface area contributed by atoms with Crippen LogP contribution in [0.2, 0.25) is 0 Å². The molecule has 3 atom stereocenters. The number of nitrogens with two attached hydrogens (primary N) is 1. The van der Waals surface area contributed by atoms with Crippen molar-refractivity contribution in [2.24, 2.45) is 5.73 Å². The Hall–Kier alpha value is -0.620. The van der Waals surface area contributed by atoms with Crippen LogP contribution in [0.15, 0.2) is 0 Å². The van der Waals surface area contributed by atoms with Gasteiger partial charge >= 0.3 is 14.3 Å². The van der Waals surface area contributed by atoms with E-state index in [1.165, 1.54) is 0 Å². The van der Waals surface area contributed by atoms with E-state index >= 15 is 0 Å². The molecule has 8 heteroatoms. The Morgan fingerprint density at radius 2 is 2.43 bits per heavy atom. The molecule has 3 unspecified atom stereocenters. The lowest BCUT2D eigenvalue weighted by Gasteiger charge is -2.12. The first-order chi connectivity index (χ1) is 6.58. The zero-order valence-electron chi connectivity index (χ0n) is 7.43. The summed E-state index contributed by atoms with van der Waals surface area (Å²) in [5.41, 5.74) is 4.89. The van der Waals surface area contributed by atoms with Crippen molar-refractivity contribution in [3.63, 3.8) is 0 Å². The van der Waals surface area contributed by atoms with Gasteiger partial charge in [0.15, 0.2) is 0 Å². The SMILES string of the molecule is NC(=O)NC1CCC(CO[PH](=O)O)O1. The molecule has 0 aromatic carbocycles. The monoisotopic (exact) mass is 224 g/mol. The molecule has 0 aliphatic carbocycles. The maximum atomic E-state index is 10.4. The van der Waals surface area contributed by atoms with Crippen molar-refractivity contribution in [1.82, 2.24) is 5.32 Å². The summed E-state index contributed by atoms with van der Waals surface area (Å²) < 4.78 is 20.0. The second kappa shape index (κ2) is 5.31. The number of carbonyl (C=O) groups excluding carboxylic acids is 1. The summed E-state index contributed by atoms with van der Waals surface area (Å²) >= 11 is 0. The Balaban J connectivity index is 2.20. The molecular weight excluding hydrogens is 211 g/mol. The van der Waals surface area contributed by atoms with Gasteiger partial charge in [-0.05, 0) is 12.8 Å². The largest absolute Gasteiger partial charge is 0.353 e. The number of carbonyl (C=O) groups is 1. The van der Waals surface area contributed by atoms with Gasteiger partial charge in [-0.1, -0.05) is 0 Å². The van der Waals surface area contributed by atoms with Crippen molar-refractivity contribution >= 4 is 14.3 Å². The number of ether oxygens (including phenoxy) is 1. The zero-order valence-corrected chi connectivity index (χ0v) is 8.43. The maximum Gasteiger partial charge on any atom is 0.316 e. The van der Waals surface area contributed by atoms with Crippen molar-refractivity contribution < 1.29 is 23.5 Å². The Morgan fingerprint density at radius 3 is 3.00 bits per heavy atom. The Labute approximate surface area is 81.5 Å². The molecule has 0 aromatic rings. The summed E-state index contributed by atoms with van der Waals surface area (Å²) in [6.07, 6.45) is 0.624. The fourth-order valence-corrected chi connectivity index (χ4v) is 1.59. The highest BCUT2D eigenvalue weighted by Crippen LogP contribution is 2.22. The highest BCUT2D eigenvalue weighted by atomic mass is 31.1. The van der Waals surface area contributed by atoms with Gasteiger partial charge in [-0.2, -0.15) is 0 Å². The van der Waals surface area contributed by atoms with Crippen LogP contribution < -0.4 is 11.1 Å². The van der Waals surface area contributed by atoms with E-state index in [0.717, 1.165) is 0 Å². The molecule has 1 rings (SSSR count). The Bertz CT molecular complexity index is 236. The van der Waals surface area contributed by atoms with Crippen LogP contribution in [0.4, 0.5) is 4.79 Å². The van der Waals surface area contributed by atoms with Gasteiger partial charge in [-0.25, -0.2) is 4.79 Å². The van der Waals surface area contributed by atoms with Gasteiger partial charge in [0.25, 0.3) is 0 Å². The van der Waals surface area contributed by atoms with Gasteiger partial charge in [0.2, 0.25) is 0 Å². The number of nitrogens with one attached hydrogen (secondary N) is 1. The van der Waals surface area contributed by atoms with Crippen LogP contribution in [-0.4, -0.2) is 29.9 Å². The molecule has 0 saturated carbocycles. The molecule has 0 spiro atoms. The molecule has 1 heterocycles. The van der Waals surface area contributed by atoms with E-state index in [1.807, 2.05) is 0 Å². The average Bonchev–Trinajstić information content (AvgIpc) is 2.47. The minimum atomic E-state index is -2.90. The van der Waals surface area contributed by atoms with Crippen LogP contribution in [0.25, 0.3) is 0 Å². The summed E-state index contributed by atoms with van der Waals surface area (Å²) in [7, 11) is -2.90. The van der Waals surface area contributed by atoms with E-state index in [9.17, 15) is 9.36 Å². The van der Waals surface area contributed by atoms with Gasteiger partial charge in [-0.15, -0.1) is 0 Å². The molecule has 7 nitrogen and oxygen atoms in total. The second-order valence-corrected chi connectivity index (χ2v) is 3.73. The van der Waals surface area contributed by atoms with Gasteiger partial charge < -0.3 is 25.2 Å². The summed E-state index contributed by atoms with van der Waals surface area (Å²) in [6.45, 7) is 0.0608. The lowest BCUT2D eigenvalue weighted by atomic mass is 10.2. The molecule has 2 amide bonds. The van der Waals surface area contributed by atoms with Gasteiger partial charge in [0.05, 0.1) is 12.7 Å². The molecule has 1 saturated heterocycles. The fraction of sp³-hybridized carbons (Fsp3) is 0.833. The van der Waals surface area contributed by atoms with Crippen molar-refractivity contribution in [1.29, 1.82) is 0 Å². The standard InChI is InChI=1S/C6H13N2O5P/c7-6(9)8-5-2-1-4(13-5)3-12-14(10)11/h4-5,14H,1-3H2,(H,10,11)(H3,7,8,9). The first-order valence-corrected chi connectivity index (χ1v) is 5.41. The third kappa shape index (κ3) is 4.06. The third-order valence-corrected chi connectivity index (χ3v) is 2.22. The molecule has 0 radical (unpaired) electrons. The summed E-state index contributed by atoms with van der Waals surface area (Å²) in [5.74, 6) is 0. The summed E-state index contributed by atoms with van der Waals surface area (Å²) in [4.78, 5) is 18.8. The van der Waals surface area contributed by atoms with Crippen molar-refractivity contribution in [2.75, 3.05) is 6.61 Å². The van der Waals surface area contributed by atoms with Gasteiger partial charge in [0.1, 0.15) is 6.23 Å². The van der Waals surface area contributed by atoms with E-state index in [4.69, 9.17) is 15.4 Å². The summed E-state index contributed by atoms with van der Waals surface area (Å²) in [5, 5.41) is 2.39. The van der Waals surface area contributed by atoms with Crippen LogP contribution in [0.5, 0.6) is 0 Å². The molecule has 4 N–H and O–H groups in total. The van der Waals surface area contributed by atoms with Gasteiger partial charge in [-0.3, -0.25) is 4.57 Å². The van der Waals surface area contributed by atoms with Crippen LogP contribution >= 0.6 is 8.25 Å². The number of hydrogen-bond donors (Lipinski definition) is 3. The van der Waals surface area contributed by atoms with E-state index in [-0.39, 0.29) is 12.7 Å². The molecule has 1 aliphatic rings. The topological polar surface area (TPSA) is 111 Å². The Morgan fingerprint density at radius 1 is 1.71 bits per heavy atom. The van der Waals surface area contributed by atoms with E-state index in [2.05, 4.69) is 9.84 Å². The van der Waals surface area contributed by atoms with Crippen molar-refractivity contribution in [2.45, 2.75) is 25.2 Å². The van der Waals surface area contributed by atoms with Crippen LogP contribution in [-0.2, 0) is 13.8 Å². The van der Waals surface area contributed by atoms with Crippen molar-refractivity contribution in [3.05, 3.63) is 0 Å². The molecule has 0 bridgehead atoms. The minimum absolute atomic E-state index is 0.0608. The first kappa shape index (κ1) is 11.5. The lowest BCUT2D eigenvalue weighted by Crippen LogP contribution is -2.38. The van der Waals surface area contributed by atoms with Crippen LogP contribution in [0.3, 0.4) is 0 Å². The van der Waals surface area contributed by atoms with E-state index in [0.29, 0.717) is 12.8 Å². The number of primary amides is 1. The smallest absolute Gasteiger partial charge is 0.316 e. The number of amides is 2. The highest BCUT2D eigenvalue weighted by Gasteiger charge is 2.26. The highest BCUT2D eigenvalue weighted by molar-refractivity contribution is 7.32. The molecular formula is C6H13N2O5P. The quantitative estimate of drug-likeness (QED) is 0.560. The number of hydrogen-bond acceptors (Lipinski definition) is 4. The van der Waals surface area contributed by atoms with Crippen LogP contribution in [0.1, 0.15) is 12.8 Å². The molecule has 0 aromatic heterocycles. The van der Waals surface area contributed by atoms with Crippen molar-refractivity contribution in [3.8, 4) is 0 Å². The maximum absolute atomic E-state index is 10.4. The Kier molecular flexibility index (Phi) is 4.34. The van der Waals surface area contributed by atoms with E-state index in [1.54, 1.807) is 0 Å². The normalized spacial score (nSPS) is 28.6. The zero-order chi connectivity index (χ0) is 10.6. The minimum Gasteiger partial charge on any atom is -0.353 e. The molecule has 82 valence electrons. The first-order valence-electron chi connectivity index (χ1n) is 4.15. The second-order valence-electron chi connectivity index (χ2n) is 2.91. The fourth-order valence-electron chi connectivity index (χ4n) is 1.26. The predicted octanol–water partition coefficient (Wildman–Crippen LogP) is -0.442. The summed E-state index contributed by atoms with van der Waals surface area (Å²) in [6, 6.07) is -0.646. The molecule has 1 fully saturated rings. The number of rotatable bonds is 4. The predicted molar refractivity (Wildman–Crippen MR) is 47.8 cm³/mol. The van der Waals surface area contributed by atoms with Crippen LogP contribution in [0, 0.1) is 0 Å². The van der Waals surface area contributed by atoms with E-state index < -0.39 is 20.5 Å².